The van der Waals surface area contributed by atoms with Crippen molar-refractivity contribution < 1.29 is 14.0 Å². The minimum absolute atomic E-state index is 0.0397. The zero-order valence-electron chi connectivity index (χ0n) is 13.6. The molecule has 2 rings (SSSR count). The number of rotatable bonds is 3. The highest BCUT2D eigenvalue weighted by Gasteiger charge is 2.63. The lowest BCUT2D eigenvalue weighted by Crippen LogP contribution is -2.50. The molecule has 0 aromatic heterocycles. The Morgan fingerprint density at radius 2 is 1.84 bits per heavy atom. The summed E-state index contributed by atoms with van der Waals surface area (Å²) in [6.07, 6.45) is 3.66. The van der Waals surface area contributed by atoms with Crippen LogP contribution >= 0.6 is 0 Å². The van der Waals surface area contributed by atoms with Gasteiger partial charge in [-0.1, -0.05) is 20.8 Å². The molecule has 0 N–H and O–H groups in total. The van der Waals surface area contributed by atoms with Gasteiger partial charge in [-0.3, -0.25) is 0 Å². The van der Waals surface area contributed by atoms with E-state index in [9.17, 15) is 4.79 Å². The molecule has 0 unspecified atom stereocenters. The first kappa shape index (κ1) is 14.8. The largest absolute Gasteiger partial charge is 0.457 e. The van der Waals surface area contributed by atoms with Gasteiger partial charge in [-0.05, 0) is 37.5 Å². The van der Waals surface area contributed by atoms with Crippen molar-refractivity contribution in [1.82, 2.24) is 0 Å². The van der Waals surface area contributed by atoms with Crippen LogP contribution in [-0.4, -0.2) is 43.7 Å². The fourth-order valence-corrected chi connectivity index (χ4v) is 3.86. The number of likely N-dealkylation sites (N-methyl/N-ethyl adjacent to an activating group) is 1. The highest BCUT2D eigenvalue weighted by atomic mass is 16.5. The Balaban J connectivity index is 2.09. The Kier molecular flexibility index (Phi) is 3.29. The van der Waals surface area contributed by atoms with Gasteiger partial charge < -0.3 is 9.22 Å². The summed E-state index contributed by atoms with van der Waals surface area (Å²) >= 11 is 0. The number of ether oxygens (including phenoxy) is 1. The molecule has 2 aliphatic rings. The van der Waals surface area contributed by atoms with Crippen LogP contribution in [0.25, 0.3) is 0 Å². The molecule has 2 aliphatic carbocycles. The molecule has 3 heteroatoms. The average molecular weight is 268 g/mol. The topological polar surface area (TPSA) is 26.3 Å². The van der Waals surface area contributed by atoms with E-state index in [2.05, 4.69) is 20.8 Å². The molecule has 110 valence electrons. The Bertz CT molecular complexity index is 383. The molecular weight excluding hydrogens is 238 g/mol. The molecule has 0 radical (unpaired) electrons. The van der Waals surface area contributed by atoms with Crippen LogP contribution in [0.4, 0.5) is 0 Å². The van der Waals surface area contributed by atoms with Crippen molar-refractivity contribution >= 4 is 5.97 Å². The molecule has 2 fully saturated rings. The van der Waals surface area contributed by atoms with Crippen LogP contribution in [-0.2, 0) is 9.53 Å². The third-order valence-electron chi connectivity index (χ3n) is 6.48. The number of fused-ring (bicyclic) bond motifs is 2. The van der Waals surface area contributed by atoms with Crippen molar-refractivity contribution in [3.63, 3.8) is 0 Å². The van der Waals surface area contributed by atoms with Gasteiger partial charge in [0.2, 0.25) is 0 Å². The van der Waals surface area contributed by atoms with Crippen LogP contribution in [0.5, 0.6) is 0 Å². The molecule has 0 aromatic rings. The zero-order chi connectivity index (χ0) is 14.6. The van der Waals surface area contributed by atoms with Crippen LogP contribution < -0.4 is 0 Å². The van der Waals surface area contributed by atoms with Gasteiger partial charge >= 0.3 is 5.97 Å². The Morgan fingerprint density at radius 1 is 1.26 bits per heavy atom. The van der Waals surface area contributed by atoms with E-state index in [-0.39, 0.29) is 23.5 Å². The van der Waals surface area contributed by atoms with Crippen LogP contribution in [0.2, 0.25) is 0 Å². The Hall–Kier alpha value is -0.570. The number of esters is 1. The average Bonchev–Trinajstić information content (AvgIpc) is 2.59. The van der Waals surface area contributed by atoms with Crippen LogP contribution in [0.1, 0.15) is 47.0 Å². The number of carbonyl (C=O) groups excluding carboxylic acids is 1. The van der Waals surface area contributed by atoms with Crippen molar-refractivity contribution in [2.24, 2.45) is 16.7 Å². The maximum Gasteiger partial charge on any atom is 0.364 e. The zero-order valence-corrected chi connectivity index (χ0v) is 13.6. The maximum atomic E-state index is 12.3. The summed E-state index contributed by atoms with van der Waals surface area (Å²) in [4.78, 5) is 12.3. The second-order valence-electron chi connectivity index (χ2n) is 8.33. The number of hydrogen-bond acceptors (Lipinski definition) is 2. The normalized spacial score (nSPS) is 38.3. The quantitative estimate of drug-likeness (QED) is 0.581. The fraction of sp³-hybridized carbons (Fsp3) is 0.938. The molecule has 0 saturated heterocycles. The highest BCUT2D eigenvalue weighted by Crippen LogP contribution is 2.66. The lowest BCUT2D eigenvalue weighted by molar-refractivity contribution is -0.885. The van der Waals surface area contributed by atoms with Crippen molar-refractivity contribution in [3.05, 3.63) is 0 Å². The van der Waals surface area contributed by atoms with Crippen molar-refractivity contribution in [2.75, 3.05) is 21.1 Å². The molecule has 2 saturated carbocycles. The second-order valence-corrected chi connectivity index (χ2v) is 8.33. The van der Waals surface area contributed by atoms with E-state index in [4.69, 9.17) is 4.74 Å². The molecule has 0 spiro atoms. The fourth-order valence-electron chi connectivity index (χ4n) is 3.86. The van der Waals surface area contributed by atoms with Gasteiger partial charge in [0.15, 0.2) is 6.04 Å². The SMILES string of the molecule is C[C@@H](C(=O)O[C@H]1C[C@@H]2CC[C@@]1(C)C2(C)C)[N+](C)(C)C. The van der Waals surface area contributed by atoms with E-state index in [1.165, 1.54) is 12.8 Å². The predicted molar refractivity (Wildman–Crippen MR) is 76.6 cm³/mol. The van der Waals surface area contributed by atoms with Gasteiger partial charge in [0, 0.05) is 5.41 Å². The molecule has 3 nitrogen and oxygen atoms in total. The summed E-state index contributed by atoms with van der Waals surface area (Å²) in [5.41, 5.74) is 0.468. The van der Waals surface area contributed by atoms with Crippen molar-refractivity contribution in [1.29, 1.82) is 0 Å². The van der Waals surface area contributed by atoms with Gasteiger partial charge in [0.05, 0.1) is 21.1 Å². The molecule has 0 heterocycles. The highest BCUT2D eigenvalue weighted by molar-refractivity contribution is 5.74. The standard InChI is InChI=1S/C16H30NO2/c1-11(17(5,6)7)14(18)19-13-10-12-8-9-16(13,4)15(12,2)3/h11-13H,8-10H2,1-7H3/q+1/t11-,12-,13-,16+/m0/s1. The van der Waals surface area contributed by atoms with E-state index in [0.29, 0.717) is 9.90 Å². The minimum Gasteiger partial charge on any atom is -0.457 e. The predicted octanol–water partition coefficient (Wildman–Crippen LogP) is 2.84. The van der Waals surface area contributed by atoms with Gasteiger partial charge in [0.25, 0.3) is 0 Å². The first-order valence-corrected chi connectivity index (χ1v) is 7.52. The lowest BCUT2D eigenvalue weighted by Gasteiger charge is -2.39. The second kappa shape index (κ2) is 4.21. The number of carbonyl (C=O) groups is 1. The molecule has 0 aliphatic heterocycles. The van der Waals surface area contributed by atoms with E-state index in [0.717, 1.165) is 12.3 Å². The van der Waals surface area contributed by atoms with Crippen molar-refractivity contribution in [3.8, 4) is 0 Å². The first-order valence-electron chi connectivity index (χ1n) is 7.52. The Labute approximate surface area is 117 Å². The summed E-state index contributed by atoms with van der Waals surface area (Å²) in [7, 11) is 6.12. The summed E-state index contributed by atoms with van der Waals surface area (Å²) in [5, 5.41) is 0. The Morgan fingerprint density at radius 3 is 2.21 bits per heavy atom. The summed E-state index contributed by atoms with van der Waals surface area (Å²) in [6.45, 7) is 8.97. The van der Waals surface area contributed by atoms with E-state index < -0.39 is 0 Å². The van der Waals surface area contributed by atoms with E-state index in [1.54, 1.807) is 0 Å². The molecule has 2 bridgehead atoms. The number of nitrogens with zero attached hydrogens (tertiary/aromatic N) is 1. The number of quaternary nitrogens is 1. The minimum atomic E-state index is -0.106. The molecule has 0 amide bonds. The summed E-state index contributed by atoms with van der Waals surface area (Å²) < 4.78 is 6.54. The first-order chi connectivity index (χ1) is 8.50. The third kappa shape index (κ3) is 2.10. The van der Waals surface area contributed by atoms with Crippen LogP contribution in [0.15, 0.2) is 0 Å². The monoisotopic (exact) mass is 268 g/mol. The smallest absolute Gasteiger partial charge is 0.364 e. The van der Waals surface area contributed by atoms with Gasteiger partial charge in [-0.25, -0.2) is 4.79 Å². The van der Waals surface area contributed by atoms with E-state index in [1.807, 2.05) is 28.1 Å². The maximum absolute atomic E-state index is 12.3. The molecule has 19 heavy (non-hydrogen) atoms. The van der Waals surface area contributed by atoms with Gasteiger partial charge in [-0.15, -0.1) is 0 Å². The molecular formula is C16H30NO2+. The number of hydrogen-bond donors (Lipinski definition) is 0. The van der Waals surface area contributed by atoms with E-state index >= 15 is 0 Å². The van der Waals surface area contributed by atoms with Crippen LogP contribution in [0, 0.1) is 16.7 Å². The lowest BCUT2D eigenvalue weighted by atomic mass is 9.70. The molecule has 4 atom stereocenters. The van der Waals surface area contributed by atoms with Crippen molar-refractivity contribution in [2.45, 2.75) is 59.1 Å². The van der Waals surface area contributed by atoms with Gasteiger partial charge in [0.1, 0.15) is 6.10 Å². The van der Waals surface area contributed by atoms with Crippen LogP contribution in [0.3, 0.4) is 0 Å². The summed E-state index contributed by atoms with van der Waals surface area (Å²) in [6, 6.07) is -0.106. The summed E-state index contributed by atoms with van der Waals surface area (Å²) in [5.74, 6) is 0.678. The van der Waals surface area contributed by atoms with Gasteiger partial charge in [-0.2, -0.15) is 0 Å². The third-order valence-corrected chi connectivity index (χ3v) is 6.48. The molecule has 0 aromatic carbocycles.